The molecule has 0 aliphatic carbocycles. The number of aromatic nitrogens is 3. The zero-order chi connectivity index (χ0) is 44.3. The quantitative estimate of drug-likeness (QED) is 0.152. The van der Waals surface area contributed by atoms with Crippen LogP contribution in [0.5, 0.6) is 0 Å². The second-order valence-electron chi connectivity index (χ2n) is 16.9. The predicted molar refractivity (Wildman–Crippen MR) is 285 cm³/mol. The Morgan fingerprint density at radius 2 is 0.716 bits per heavy atom. The minimum absolute atomic E-state index is 1.02. The molecular formula is C62H39N3S2. The smallest absolute Gasteiger partial charge is 0.124 e. The molecule has 0 aliphatic rings. The zero-order valence-electron chi connectivity index (χ0n) is 36.2. The summed E-state index contributed by atoms with van der Waals surface area (Å²) in [6.45, 7) is 0. The van der Waals surface area contributed by atoms with E-state index in [-0.39, 0.29) is 0 Å². The summed E-state index contributed by atoms with van der Waals surface area (Å²) in [4.78, 5) is 10.2. The lowest BCUT2D eigenvalue weighted by Crippen LogP contribution is -1.99. The second-order valence-corrected chi connectivity index (χ2v) is 18.9. The highest BCUT2D eigenvalue weighted by Gasteiger charge is 2.25. The zero-order valence-corrected chi connectivity index (χ0v) is 37.8. The van der Waals surface area contributed by atoms with Crippen molar-refractivity contribution in [1.29, 1.82) is 0 Å². The number of para-hydroxylation sites is 2. The maximum absolute atomic E-state index is 5.09. The van der Waals surface area contributed by atoms with E-state index in [9.17, 15) is 0 Å². The van der Waals surface area contributed by atoms with Gasteiger partial charge in [-0.2, -0.15) is 0 Å². The minimum Gasteiger partial charge on any atom is -0.309 e. The van der Waals surface area contributed by atoms with Crippen LogP contribution in [0.3, 0.4) is 0 Å². The molecule has 67 heavy (non-hydrogen) atoms. The summed E-state index contributed by atoms with van der Waals surface area (Å²) in [6.07, 6.45) is 0. The first-order chi connectivity index (χ1) is 33.2. The van der Waals surface area contributed by atoms with Gasteiger partial charge in [0.25, 0.3) is 0 Å². The van der Waals surface area contributed by atoms with Gasteiger partial charge in [-0.3, -0.25) is 0 Å². The molecule has 0 atom stereocenters. The molecule has 0 aliphatic heterocycles. The molecule has 0 fully saturated rings. The van der Waals surface area contributed by atoms with Crippen LogP contribution >= 0.6 is 22.7 Å². The molecule has 0 amide bonds. The Bertz CT molecular complexity index is 3770. The van der Waals surface area contributed by atoms with Gasteiger partial charge in [-0.05, 0) is 134 Å². The van der Waals surface area contributed by atoms with Crippen LogP contribution in [-0.4, -0.2) is 14.5 Å². The highest BCUT2D eigenvalue weighted by atomic mass is 32.1. The van der Waals surface area contributed by atoms with Gasteiger partial charge in [-0.15, -0.1) is 22.7 Å². The van der Waals surface area contributed by atoms with Gasteiger partial charge in [0.2, 0.25) is 0 Å². The number of rotatable bonds is 8. The van der Waals surface area contributed by atoms with Crippen molar-refractivity contribution in [2.75, 3.05) is 0 Å². The monoisotopic (exact) mass is 889 g/mol. The fourth-order valence-electron chi connectivity index (χ4n) is 9.83. The van der Waals surface area contributed by atoms with Crippen molar-refractivity contribution in [3.8, 4) is 82.5 Å². The van der Waals surface area contributed by atoms with E-state index in [0.29, 0.717) is 0 Å². The molecule has 13 rings (SSSR count). The molecule has 0 saturated heterocycles. The second kappa shape index (κ2) is 16.3. The number of thiazole rings is 2. The Balaban J connectivity index is 1.07. The lowest BCUT2D eigenvalue weighted by molar-refractivity contribution is 1.18. The molecule has 3 aromatic heterocycles. The number of hydrogen-bond donors (Lipinski definition) is 0. The summed E-state index contributed by atoms with van der Waals surface area (Å²) in [5, 5.41) is 4.39. The maximum Gasteiger partial charge on any atom is 0.124 e. The van der Waals surface area contributed by atoms with Gasteiger partial charge in [0, 0.05) is 27.6 Å². The normalized spacial score (nSPS) is 11.6. The van der Waals surface area contributed by atoms with E-state index >= 15 is 0 Å². The van der Waals surface area contributed by atoms with Crippen molar-refractivity contribution in [2.24, 2.45) is 0 Å². The predicted octanol–water partition coefficient (Wildman–Crippen LogP) is 17.7. The van der Waals surface area contributed by atoms with E-state index in [2.05, 4.69) is 241 Å². The summed E-state index contributed by atoms with van der Waals surface area (Å²) in [6, 6.07) is 85.7. The first-order valence-corrected chi connectivity index (χ1v) is 24.2. The van der Waals surface area contributed by atoms with Gasteiger partial charge in [-0.25, -0.2) is 9.97 Å². The topological polar surface area (TPSA) is 30.7 Å². The van der Waals surface area contributed by atoms with Gasteiger partial charge in [-0.1, -0.05) is 158 Å². The van der Waals surface area contributed by atoms with Crippen molar-refractivity contribution in [3.63, 3.8) is 0 Å². The van der Waals surface area contributed by atoms with Gasteiger partial charge < -0.3 is 4.57 Å². The Labute approximate surface area is 396 Å². The molecule has 13 aromatic rings. The van der Waals surface area contributed by atoms with E-state index in [4.69, 9.17) is 9.97 Å². The third-order valence-electron chi connectivity index (χ3n) is 12.9. The van der Waals surface area contributed by atoms with Crippen LogP contribution in [0, 0.1) is 0 Å². The summed E-state index contributed by atoms with van der Waals surface area (Å²) < 4.78 is 4.81. The van der Waals surface area contributed by atoms with Crippen LogP contribution in [0.15, 0.2) is 237 Å². The van der Waals surface area contributed by atoms with Gasteiger partial charge in [0.15, 0.2) is 0 Å². The molecule has 0 bridgehead atoms. The highest BCUT2D eigenvalue weighted by Crippen LogP contribution is 2.51. The molecule has 10 aromatic carbocycles. The van der Waals surface area contributed by atoms with Crippen LogP contribution in [0.25, 0.3) is 125 Å². The van der Waals surface area contributed by atoms with Crippen molar-refractivity contribution in [2.45, 2.75) is 0 Å². The van der Waals surface area contributed by atoms with E-state index in [1.54, 1.807) is 22.7 Å². The SMILES string of the molecule is c1ccc(-c2cc(-c3cccc(-n4c5ccc(-c6nc7ccccc7s6)cc5c5cc(-c6nc7ccccc7s6)ccc54)c3)c(-c3ccccc3)c(-c3ccccc3)c2-c2ccccc2)cc1. The number of hydrogen-bond acceptors (Lipinski definition) is 4. The molecule has 0 spiro atoms. The van der Waals surface area contributed by atoms with Gasteiger partial charge in [0.05, 0.1) is 31.5 Å². The summed E-state index contributed by atoms with van der Waals surface area (Å²) in [5.74, 6) is 0. The average Bonchev–Trinajstić information content (AvgIpc) is 4.13. The standard InChI is InChI=1S/C62H39N3S2/c1-5-18-40(19-6-1)48-39-49(59(42-22-9-3-10-23-42)60(43-24-11-4-12-25-43)58(48)41-20-7-2-8-21-41)44-26-17-27-47(36-44)65-54-34-32-45(61-63-52-28-13-15-30-56(52)66-61)37-50(54)51-38-46(33-35-55(51)65)62-64-53-29-14-16-31-57(53)67-62/h1-39H. The van der Waals surface area contributed by atoms with Crippen molar-refractivity contribution < 1.29 is 0 Å². The van der Waals surface area contributed by atoms with Crippen molar-refractivity contribution in [3.05, 3.63) is 237 Å². The number of nitrogens with zero attached hydrogens (tertiary/aromatic N) is 3. The largest absolute Gasteiger partial charge is 0.309 e. The van der Waals surface area contributed by atoms with Gasteiger partial charge in [0.1, 0.15) is 10.0 Å². The maximum atomic E-state index is 5.09. The van der Waals surface area contributed by atoms with Crippen LogP contribution in [-0.2, 0) is 0 Å². The Kier molecular flexibility index (Phi) is 9.55. The molecule has 0 saturated carbocycles. The fraction of sp³-hybridized carbons (Fsp3) is 0. The first kappa shape index (κ1) is 39.2. The molecule has 3 nitrogen and oxygen atoms in total. The van der Waals surface area contributed by atoms with Crippen LogP contribution in [0.2, 0.25) is 0 Å². The van der Waals surface area contributed by atoms with E-state index in [1.165, 1.54) is 70.2 Å². The summed E-state index contributed by atoms with van der Waals surface area (Å²) >= 11 is 3.48. The van der Waals surface area contributed by atoms with E-state index < -0.39 is 0 Å². The Morgan fingerprint density at radius 3 is 1.21 bits per heavy atom. The summed E-state index contributed by atoms with van der Waals surface area (Å²) in [7, 11) is 0. The van der Waals surface area contributed by atoms with E-state index in [0.717, 1.165) is 54.5 Å². The molecular weight excluding hydrogens is 851 g/mol. The van der Waals surface area contributed by atoms with Crippen molar-refractivity contribution in [1.82, 2.24) is 14.5 Å². The molecule has 5 heteroatoms. The third kappa shape index (κ3) is 6.87. The van der Waals surface area contributed by atoms with Crippen LogP contribution < -0.4 is 0 Å². The van der Waals surface area contributed by atoms with Crippen LogP contribution in [0.4, 0.5) is 0 Å². The number of benzene rings is 10. The van der Waals surface area contributed by atoms with Crippen molar-refractivity contribution >= 4 is 64.9 Å². The Morgan fingerprint density at radius 1 is 0.299 bits per heavy atom. The fourth-order valence-corrected chi connectivity index (χ4v) is 11.8. The third-order valence-corrected chi connectivity index (χ3v) is 15.0. The number of fused-ring (bicyclic) bond motifs is 5. The lowest BCUT2D eigenvalue weighted by atomic mass is 9.79. The molecule has 0 unspecified atom stereocenters. The lowest BCUT2D eigenvalue weighted by Gasteiger charge is -2.24. The molecule has 0 N–H and O–H groups in total. The Hall–Kier alpha value is -8.22. The average molecular weight is 890 g/mol. The van der Waals surface area contributed by atoms with E-state index in [1.807, 2.05) is 0 Å². The molecule has 0 radical (unpaired) electrons. The van der Waals surface area contributed by atoms with Gasteiger partial charge >= 0.3 is 0 Å². The highest BCUT2D eigenvalue weighted by molar-refractivity contribution is 7.22. The first-order valence-electron chi connectivity index (χ1n) is 22.6. The summed E-state index contributed by atoms with van der Waals surface area (Å²) in [5.41, 5.74) is 19.4. The minimum atomic E-state index is 1.02. The molecule has 3 heterocycles. The molecule has 314 valence electrons. The van der Waals surface area contributed by atoms with Crippen LogP contribution in [0.1, 0.15) is 0 Å².